The lowest BCUT2D eigenvalue weighted by atomic mass is 9.85. The SMILES string of the molecule is CNC1CCN(c2c(C)cccc2C)C(C)(C)C1. The average molecular weight is 246 g/mol. The van der Waals surface area contributed by atoms with E-state index < -0.39 is 0 Å². The molecule has 1 aromatic rings. The van der Waals surface area contributed by atoms with Crippen LogP contribution in [0.15, 0.2) is 18.2 Å². The summed E-state index contributed by atoms with van der Waals surface area (Å²) in [5.41, 5.74) is 4.46. The van der Waals surface area contributed by atoms with Crippen LogP contribution in [0.5, 0.6) is 0 Å². The summed E-state index contributed by atoms with van der Waals surface area (Å²) in [5.74, 6) is 0. The van der Waals surface area contributed by atoms with E-state index in [1.54, 1.807) is 0 Å². The fourth-order valence-corrected chi connectivity index (χ4v) is 3.30. The predicted molar refractivity (Wildman–Crippen MR) is 79.4 cm³/mol. The monoisotopic (exact) mass is 246 g/mol. The topological polar surface area (TPSA) is 15.3 Å². The lowest BCUT2D eigenvalue weighted by Crippen LogP contribution is -2.54. The summed E-state index contributed by atoms with van der Waals surface area (Å²) in [7, 11) is 2.08. The molecule has 1 saturated heterocycles. The van der Waals surface area contributed by atoms with E-state index in [1.165, 1.54) is 29.7 Å². The minimum Gasteiger partial charge on any atom is -0.366 e. The maximum atomic E-state index is 3.43. The smallest absolute Gasteiger partial charge is 0.0430 e. The third-order valence-corrected chi connectivity index (χ3v) is 4.30. The molecule has 0 bridgehead atoms. The first-order valence-corrected chi connectivity index (χ1v) is 6.97. The molecule has 1 aliphatic heterocycles. The van der Waals surface area contributed by atoms with Crippen molar-refractivity contribution >= 4 is 5.69 Å². The molecular formula is C16H26N2. The highest BCUT2D eigenvalue weighted by molar-refractivity contribution is 5.60. The van der Waals surface area contributed by atoms with Crippen molar-refractivity contribution in [2.24, 2.45) is 0 Å². The molecule has 0 saturated carbocycles. The van der Waals surface area contributed by atoms with Crippen LogP contribution in [0, 0.1) is 13.8 Å². The molecule has 100 valence electrons. The molecule has 1 aliphatic rings. The molecule has 2 rings (SSSR count). The van der Waals surface area contributed by atoms with Gasteiger partial charge in [0, 0.05) is 23.8 Å². The molecule has 0 aromatic heterocycles. The molecule has 0 spiro atoms. The summed E-state index contributed by atoms with van der Waals surface area (Å²) in [6, 6.07) is 7.26. The highest BCUT2D eigenvalue weighted by Gasteiger charge is 2.35. The van der Waals surface area contributed by atoms with Gasteiger partial charge in [0.15, 0.2) is 0 Å². The number of benzene rings is 1. The number of hydrogen-bond acceptors (Lipinski definition) is 2. The van der Waals surface area contributed by atoms with Crippen LogP contribution in [0.2, 0.25) is 0 Å². The Hall–Kier alpha value is -1.02. The normalized spacial score (nSPS) is 23.2. The Balaban J connectivity index is 2.34. The second-order valence-electron chi connectivity index (χ2n) is 6.18. The average Bonchev–Trinajstić information content (AvgIpc) is 2.30. The minimum atomic E-state index is 0.225. The van der Waals surface area contributed by atoms with Gasteiger partial charge in [0.25, 0.3) is 0 Å². The van der Waals surface area contributed by atoms with Crippen LogP contribution in [0.4, 0.5) is 5.69 Å². The van der Waals surface area contributed by atoms with Gasteiger partial charge in [-0.15, -0.1) is 0 Å². The van der Waals surface area contributed by atoms with Crippen LogP contribution in [0.1, 0.15) is 37.8 Å². The number of nitrogens with one attached hydrogen (secondary N) is 1. The van der Waals surface area contributed by atoms with Crippen molar-refractivity contribution in [3.63, 3.8) is 0 Å². The summed E-state index contributed by atoms with van der Waals surface area (Å²) in [5, 5.41) is 3.43. The van der Waals surface area contributed by atoms with Crippen molar-refractivity contribution in [1.29, 1.82) is 0 Å². The summed E-state index contributed by atoms with van der Waals surface area (Å²) in [6.07, 6.45) is 2.44. The van der Waals surface area contributed by atoms with Gasteiger partial charge in [-0.2, -0.15) is 0 Å². The number of aryl methyl sites for hydroxylation is 2. The van der Waals surface area contributed by atoms with Gasteiger partial charge in [0.2, 0.25) is 0 Å². The zero-order chi connectivity index (χ0) is 13.3. The van der Waals surface area contributed by atoms with E-state index >= 15 is 0 Å². The zero-order valence-electron chi connectivity index (χ0n) is 12.4. The van der Waals surface area contributed by atoms with Crippen molar-refractivity contribution in [3.8, 4) is 0 Å². The van der Waals surface area contributed by atoms with Gasteiger partial charge in [0.05, 0.1) is 0 Å². The fourth-order valence-electron chi connectivity index (χ4n) is 3.30. The second kappa shape index (κ2) is 4.93. The van der Waals surface area contributed by atoms with Gasteiger partial charge in [-0.3, -0.25) is 0 Å². The van der Waals surface area contributed by atoms with Crippen molar-refractivity contribution in [2.45, 2.75) is 52.1 Å². The Morgan fingerprint density at radius 3 is 2.33 bits per heavy atom. The van der Waals surface area contributed by atoms with Gasteiger partial charge in [-0.05, 0) is 58.7 Å². The van der Waals surface area contributed by atoms with E-state index in [1.807, 2.05) is 0 Å². The molecular weight excluding hydrogens is 220 g/mol. The number of rotatable bonds is 2. The first kappa shape index (κ1) is 13.4. The summed E-state index contributed by atoms with van der Waals surface area (Å²) >= 11 is 0. The first-order valence-electron chi connectivity index (χ1n) is 6.97. The number of piperidine rings is 1. The number of hydrogen-bond donors (Lipinski definition) is 1. The molecule has 0 radical (unpaired) electrons. The molecule has 1 atom stereocenters. The molecule has 1 heterocycles. The molecule has 2 nitrogen and oxygen atoms in total. The predicted octanol–water partition coefficient (Wildman–Crippen LogP) is 3.27. The molecule has 1 N–H and O–H groups in total. The van der Waals surface area contributed by atoms with Gasteiger partial charge in [0.1, 0.15) is 0 Å². The molecule has 1 fully saturated rings. The lowest BCUT2D eigenvalue weighted by molar-refractivity contribution is 0.301. The Morgan fingerprint density at radius 2 is 1.83 bits per heavy atom. The fraction of sp³-hybridized carbons (Fsp3) is 0.625. The number of nitrogens with zero attached hydrogens (tertiary/aromatic N) is 1. The van der Waals surface area contributed by atoms with Gasteiger partial charge >= 0.3 is 0 Å². The molecule has 2 heteroatoms. The van der Waals surface area contributed by atoms with E-state index in [-0.39, 0.29) is 5.54 Å². The Kier molecular flexibility index (Phi) is 3.67. The number of para-hydroxylation sites is 1. The van der Waals surface area contributed by atoms with E-state index in [0.717, 1.165) is 6.54 Å². The Morgan fingerprint density at radius 1 is 1.22 bits per heavy atom. The van der Waals surface area contributed by atoms with Gasteiger partial charge < -0.3 is 10.2 Å². The zero-order valence-corrected chi connectivity index (χ0v) is 12.4. The quantitative estimate of drug-likeness (QED) is 0.861. The highest BCUT2D eigenvalue weighted by atomic mass is 15.2. The van der Waals surface area contributed by atoms with Crippen molar-refractivity contribution in [2.75, 3.05) is 18.5 Å². The van der Waals surface area contributed by atoms with E-state index in [0.29, 0.717) is 6.04 Å². The summed E-state index contributed by atoms with van der Waals surface area (Å²) in [4.78, 5) is 2.60. The van der Waals surface area contributed by atoms with Gasteiger partial charge in [-0.25, -0.2) is 0 Å². The molecule has 1 aromatic carbocycles. The van der Waals surface area contributed by atoms with Gasteiger partial charge in [-0.1, -0.05) is 18.2 Å². The van der Waals surface area contributed by atoms with E-state index in [4.69, 9.17) is 0 Å². The number of anilines is 1. The Labute approximate surface area is 111 Å². The van der Waals surface area contributed by atoms with E-state index in [9.17, 15) is 0 Å². The van der Waals surface area contributed by atoms with Crippen LogP contribution in [0.3, 0.4) is 0 Å². The molecule has 18 heavy (non-hydrogen) atoms. The Bertz CT molecular complexity index is 403. The molecule has 0 amide bonds. The van der Waals surface area contributed by atoms with Crippen molar-refractivity contribution < 1.29 is 0 Å². The minimum absolute atomic E-state index is 0.225. The van der Waals surface area contributed by atoms with Crippen molar-refractivity contribution in [1.82, 2.24) is 5.32 Å². The maximum absolute atomic E-state index is 3.43. The van der Waals surface area contributed by atoms with Crippen LogP contribution in [0.25, 0.3) is 0 Å². The second-order valence-corrected chi connectivity index (χ2v) is 6.18. The summed E-state index contributed by atoms with van der Waals surface area (Å²) < 4.78 is 0. The molecule has 1 unspecified atom stereocenters. The largest absolute Gasteiger partial charge is 0.366 e. The van der Waals surface area contributed by atoms with Crippen LogP contribution in [-0.2, 0) is 0 Å². The highest BCUT2D eigenvalue weighted by Crippen LogP contribution is 2.36. The van der Waals surface area contributed by atoms with Crippen LogP contribution >= 0.6 is 0 Å². The van der Waals surface area contributed by atoms with E-state index in [2.05, 4.69) is 63.2 Å². The maximum Gasteiger partial charge on any atom is 0.0430 e. The third-order valence-electron chi connectivity index (χ3n) is 4.30. The van der Waals surface area contributed by atoms with Crippen molar-refractivity contribution in [3.05, 3.63) is 29.3 Å². The summed E-state index contributed by atoms with van der Waals surface area (Å²) in [6.45, 7) is 10.3. The molecule has 0 aliphatic carbocycles. The lowest BCUT2D eigenvalue weighted by Gasteiger charge is -2.48. The van der Waals surface area contributed by atoms with Crippen LogP contribution in [-0.4, -0.2) is 25.2 Å². The third kappa shape index (κ3) is 2.39. The van der Waals surface area contributed by atoms with Crippen LogP contribution < -0.4 is 10.2 Å². The standard InChI is InChI=1S/C16H26N2/c1-12-7-6-8-13(2)15(12)18-10-9-14(17-5)11-16(18,3)4/h6-8,14,17H,9-11H2,1-5H3. The first-order chi connectivity index (χ1) is 8.45.